The molecule has 1 heterocycles. The quantitative estimate of drug-likeness (QED) is 0.274. The molecule has 0 unspecified atom stereocenters. The Morgan fingerprint density at radius 2 is 1.26 bits per heavy atom. The van der Waals surface area contributed by atoms with Gasteiger partial charge in [-0.05, 0) is 44.4 Å². The second-order valence-corrected chi connectivity index (χ2v) is 8.96. The van der Waals surface area contributed by atoms with Crippen molar-refractivity contribution in [2.75, 3.05) is 13.2 Å². The summed E-state index contributed by atoms with van der Waals surface area (Å²) >= 11 is 0. The van der Waals surface area contributed by atoms with Crippen molar-refractivity contribution < 1.29 is 47.6 Å². The van der Waals surface area contributed by atoms with Gasteiger partial charge in [-0.3, -0.25) is 19.2 Å². The zero-order chi connectivity index (χ0) is 25.4. The number of rotatable bonds is 9. The lowest BCUT2D eigenvalue weighted by molar-refractivity contribution is -0.310. The third kappa shape index (κ3) is 8.39. The Hall–Kier alpha value is -2.46. The molecule has 5 atom stereocenters. The van der Waals surface area contributed by atoms with Crippen LogP contribution in [0.3, 0.4) is 0 Å². The van der Waals surface area contributed by atoms with Crippen molar-refractivity contribution in [3.8, 4) is 0 Å². The molecule has 0 spiro atoms. The largest absolute Gasteiger partial charge is 0.463 e. The molecule has 10 heteroatoms. The molecular weight excluding hydrogens is 448 g/mol. The van der Waals surface area contributed by atoms with Crippen molar-refractivity contribution >= 4 is 23.9 Å². The minimum Gasteiger partial charge on any atom is -0.463 e. The highest BCUT2D eigenvalue weighted by molar-refractivity contribution is 5.68. The van der Waals surface area contributed by atoms with Crippen LogP contribution in [0.5, 0.6) is 0 Å². The Morgan fingerprint density at radius 3 is 1.76 bits per heavy atom. The number of hydrogen-bond acceptors (Lipinski definition) is 10. The lowest BCUT2D eigenvalue weighted by Gasteiger charge is -2.44. The zero-order valence-electron chi connectivity index (χ0n) is 20.6. The normalized spacial score (nSPS) is 31.1. The van der Waals surface area contributed by atoms with Crippen LogP contribution in [0, 0.1) is 11.8 Å². The van der Waals surface area contributed by atoms with Gasteiger partial charge in [0.25, 0.3) is 0 Å². The smallest absolute Gasteiger partial charge is 0.303 e. The molecule has 0 aromatic rings. The van der Waals surface area contributed by atoms with Gasteiger partial charge < -0.3 is 28.4 Å². The van der Waals surface area contributed by atoms with Crippen LogP contribution in [0.15, 0.2) is 12.2 Å². The summed E-state index contributed by atoms with van der Waals surface area (Å²) in [5.74, 6) is -1.80. The topological polar surface area (TPSA) is 124 Å². The van der Waals surface area contributed by atoms with Gasteiger partial charge >= 0.3 is 23.9 Å². The van der Waals surface area contributed by atoms with Crippen molar-refractivity contribution in [3.63, 3.8) is 0 Å². The van der Waals surface area contributed by atoms with Gasteiger partial charge in [0.1, 0.15) is 12.7 Å². The lowest BCUT2D eigenvalue weighted by Crippen LogP contribution is -2.63. The van der Waals surface area contributed by atoms with E-state index in [4.69, 9.17) is 28.4 Å². The van der Waals surface area contributed by atoms with Gasteiger partial charge in [0.05, 0.1) is 6.61 Å². The van der Waals surface area contributed by atoms with E-state index < -0.39 is 54.6 Å². The Labute approximate surface area is 200 Å². The van der Waals surface area contributed by atoms with Crippen LogP contribution in [0.4, 0.5) is 0 Å². The van der Waals surface area contributed by atoms with Gasteiger partial charge in [0, 0.05) is 27.7 Å². The van der Waals surface area contributed by atoms with E-state index in [0.29, 0.717) is 12.5 Å². The molecule has 1 aliphatic heterocycles. The molecule has 10 nitrogen and oxygen atoms in total. The molecule has 1 saturated carbocycles. The molecule has 0 N–H and O–H groups in total. The van der Waals surface area contributed by atoms with Crippen molar-refractivity contribution in [2.45, 2.75) is 91.0 Å². The third-order valence-corrected chi connectivity index (χ3v) is 5.99. The maximum Gasteiger partial charge on any atom is 0.303 e. The molecule has 2 aliphatic rings. The highest BCUT2D eigenvalue weighted by Gasteiger charge is 2.52. The van der Waals surface area contributed by atoms with Crippen molar-refractivity contribution in [2.24, 2.45) is 11.8 Å². The van der Waals surface area contributed by atoms with E-state index in [1.807, 2.05) is 6.92 Å². The molecular formula is C24H36O10. The maximum atomic E-state index is 11.9. The van der Waals surface area contributed by atoms with Gasteiger partial charge in [0.2, 0.25) is 0 Å². The summed E-state index contributed by atoms with van der Waals surface area (Å²) in [5, 5.41) is 0. The summed E-state index contributed by atoms with van der Waals surface area (Å²) < 4.78 is 33.3. The number of esters is 4. The number of allylic oxidation sites excluding steroid dienone is 1. The van der Waals surface area contributed by atoms with Crippen molar-refractivity contribution in [1.82, 2.24) is 0 Å². The second-order valence-electron chi connectivity index (χ2n) is 8.96. The van der Waals surface area contributed by atoms with Crippen LogP contribution >= 0.6 is 0 Å². The predicted octanol–water partition coefficient (Wildman–Crippen LogP) is 2.47. The lowest BCUT2D eigenvalue weighted by atomic mass is 9.79. The van der Waals surface area contributed by atoms with Crippen LogP contribution in [0.25, 0.3) is 0 Å². The summed E-state index contributed by atoms with van der Waals surface area (Å²) in [6, 6.07) is 0. The first kappa shape index (κ1) is 27.8. The first-order valence-corrected chi connectivity index (χ1v) is 11.5. The molecule has 0 radical (unpaired) electrons. The average Bonchev–Trinajstić information content (AvgIpc) is 2.73. The fourth-order valence-electron chi connectivity index (χ4n) is 4.38. The molecule has 1 aliphatic carbocycles. The summed E-state index contributed by atoms with van der Waals surface area (Å²) in [4.78, 5) is 46.9. The van der Waals surface area contributed by atoms with Crippen molar-refractivity contribution in [1.29, 1.82) is 0 Å². The standard InChI is InChI=1S/C24H36O10/c1-13(2)19-9-7-18(8-10-19)11-30-24-23(33-17(6)28)22(32-16(5)27)21(31-15(4)26)20(34-24)12-29-14(3)25/h18-24H,1,7-12H2,2-6H3/t18?,19?,20-,21-,22+,23-,24-/m1/s1. The highest BCUT2D eigenvalue weighted by Crippen LogP contribution is 2.34. The Morgan fingerprint density at radius 1 is 0.735 bits per heavy atom. The van der Waals surface area contributed by atoms with Crippen molar-refractivity contribution in [3.05, 3.63) is 12.2 Å². The fraction of sp³-hybridized carbons (Fsp3) is 0.750. The van der Waals surface area contributed by atoms with Gasteiger partial charge in [-0.2, -0.15) is 0 Å². The van der Waals surface area contributed by atoms with Crippen LogP contribution in [0.1, 0.15) is 60.3 Å². The number of carbonyl (C=O) groups is 4. The summed E-state index contributed by atoms with van der Waals surface area (Å²) in [7, 11) is 0. The van der Waals surface area contributed by atoms with Gasteiger partial charge in [-0.25, -0.2) is 0 Å². The number of hydrogen-bond donors (Lipinski definition) is 0. The van der Waals surface area contributed by atoms with Crippen LogP contribution in [-0.2, 0) is 47.6 Å². The predicted molar refractivity (Wildman–Crippen MR) is 118 cm³/mol. The van der Waals surface area contributed by atoms with E-state index in [1.54, 1.807) is 0 Å². The highest BCUT2D eigenvalue weighted by atomic mass is 16.7. The van der Waals surface area contributed by atoms with Crippen LogP contribution < -0.4 is 0 Å². The van der Waals surface area contributed by atoms with E-state index in [-0.39, 0.29) is 12.5 Å². The van der Waals surface area contributed by atoms with E-state index in [1.165, 1.54) is 33.3 Å². The molecule has 34 heavy (non-hydrogen) atoms. The van der Waals surface area contributed by atoms with Crippen LogP contribution in [-0.4, -0.2) is 67.8 Å². The molecule has 2 rings (SSSR count). The third-order valence-electron chi connectivity index (χ3n) is 5.99. The average molecular weight is 485 g/mol. The van der Waals surface area contributed by atoms with E-state index in [9.17, 15) is 19.2 Å². The number of ether oxygens (including phenoxy) is 6. The monoisotopic (exact) mass is 484 g/mol. The first-order chi connectivity index (χ1) is 16.0. The van der Waals surface area contributed by atoms with E-state index >= 15 is 0 Å². The zero-order valence-corrected chi connectivity index (χ0v) is 20.6. The Kier molecular flexibility index (Phi) is 10.5. The molecule has 0 aromatic carbocycles. The molecule has 0 bridgehead atoms. The van der Waals surface area contributed by atoms with Gasteiger partial charge in [-0.15, -0.1) is 0 Å². The van der Waals surface area contributed by atoms with E-state index in [0.717, 1.165) is 25.7 Å². The molecule has 0 amide bonds. The summed E-state index contributed by atoms with van der Waals surface area (Å²) in [6.07, 6.45) is -1.80. The molecule has 2 fully saturated rings. The molecule has 0 aromatic heterocycles. The molecule has 1 saturated heterocycles. The fourth-order valence-corrected chi connectivity index (χ4v) is 4.38. The Balaban J connectivity index is 2.23. The summed E-state index contributed by atoms with van der Waals surface area (Å²) in [6.45, 7) is 10.9. The number of carbonyl (C=O) groups excluding carboxylic acids is 4. The van der Waals surface area contributed by atoms with E-state index in [2.05, 4.69) is 6.58 Å². The molecule has 192 valence electrons. The minimum atomic E-state index is -1.22. The minimum absolute atomic E-state index is 0.266. The second kappa shape index (κ2) is 12.9. The maximum absolute atomic E-state index is 11.9. The SMILES string of the molecule is C=C(C)C1CCC(CO[C@@H]2O[C@H](COC(C)=O)[C@@H](OC(C)=O)[C@H](OC(C)=O)[C@H]2OC(C)=O)CC1. The van der Waals surface area contributed by atoms with Gasteiger partial charge in [-0.1, -0.05) is 12.2 Å². The van der Waals surface area contributed by atoms with Gasteiger partial charge in [0.15, 0.2) is 24.6 Å². The Bertz CT molecular complexity index is 755. The summed E-state index contributed by atoms with van der Waals surface area (Å²) in [5.41, 5.74) is 1.18. The first-order valence-electron chi connectivity index (χ1n) is 11.5. The van der Waals surface area contributed by atoms with Crippen LogP contribution in [0.2, 0.25) is 0 Å².